The fraction of sp³-hybridized carbons (Fsp3) is 0.600. The predicted molar refractivity (Wildman–Crippen MR) is 71.2 cm³/mol. The van der Waals surface area contributed by atoms with Crippen molar-refractivity contribution in [2.75, 3.05) is 7.11 Å². The Morgan fingerprint density at radius 2 is 1.89 bits per heavy atom. The van der Waals surface area contributed by atoms with Crippen LogP contribution in [-0.4, -0.2) is 22.9 Å². The van der Waals surface area contributed by atoms with Gasteiger partial charge in [-0.1, -0.05) is 26.8 Å². The van der Waals surface area contributed by atoms with Crippen LogP contribution in [0.25, 0.3) is 0 Å². The SMILES string of the molecule is COc1c(O)cc(C(C)(C)C)cc1CC1(O)CC1. The molecule has 0 spiro atoms. The maximum atomic E-state index is 10.0. The summed E-state index contributed by atoms with van der Waals surface area (Å²) in [5.74, 6) is 0.646. The molecule has 100 valence electrons. The van der Waals surface area contributed by atoms with Crippen LogP contribution in [0.4, 0.5) is 0 Å². The zero-order valence-electron chi connectivity index (χ0n) is 11.6. The molecule has 1 saturated carbocycles. The van der Waals surface area contributed by atoms with Crippen molar-refractivity contribution >= 4 is 0 Å². The molecule has 2 rings (SSSR count). The topological polar surface area (TPSA) is 49.7 Å². The second-order valence-corrected chi connectivity index (χ2v) is 6.34. The first-order valence-corrected chi connectivity index (χ1v) is 6.38. The van der Waals surface area contributed by atoms with Crippen molar-refractivity contribution in [3.05, 3.63) is 23.3 Å². The highest BCUT2D eigenvalue weighted by atomic mass is 16.5. The van der Waals surface area contributed by atoms with Crippen molar-refractivity contribution in [2.45, 2.75) is 51.0 Å². The number of ether oxygens (including phenoxy) is 1. The third-order valence-corrected chi connectivity index (χ3v) is 3.56. The van der Waals surface area contributed by atoms with Crippen LogP contribution < -0.4 is 4.74 Å². The molecule has 0 radical (unpaired) electrons. The van der Waals surface area contributed by atoms with Gasteiger partial charge in [-0.25, -0.2) is 0 Å². The molecule has 1 aliphatic rings. The molecular weight excluding hydrogens is 228 g/mol. The average Bonchev–Trinajstić information content (AvgIpc) is 2.94. The Morgan fingerprint density at radius 3 is 2.33 bits per heavy atom. The third-order valence-electron chi connectivity index (χ3n) is 3.56. The van der Waals surface area contributed by atoms with Crippen LogP contribution in [0.5, 0.6) is 11.5 Å². The number of hydrogen-bond donors (Lipinski definition) is 2. The first kappa shape index (κ1) is 13.2. The molecule has 0 bridgehead atoms. The normalized spacial score (nSPS) is 17.6. The van der Waals surface area contributed by atoms with Gasteiger partial charge in [0, 0.05) is 12.0 Å². The van der Waals surface area contributed by atoms with Crippen molar-refractivity contribution in [3.8, 4) is 11.5 Å². The molecule has 0 atom stereocenters. The Labute approximate surface area is 108 Å². The first-order valence-electron chi connectivity index (χ1n) is 6.38. The second-order valence-electron chi connectivity index (χ2n) is 6.34. The summed E-state index contributed by atoms with van der Waals surface area (Å²) in [6.07, 6.45) is 2.21. The van der Waals surface area contributed by atoms with E-state index in [1.54, 1.807) is 13.2 Å². The van der Waals surface area contributed by atoms with Gasteiger partial charge in [-0.2, -0.15) is 0 Å². The van der Waals surface area contributed by atoms with Crippen LogP contribution in [0, 0.1) is 0 Å². The lowest BCUT2D eigenvalue weighted by atomic mass is 9.85. The largest absolute Gasteiger partial charge is 0.504 e. The van der Waals surface area contributed by atoms with Gasteiger partial charge in [0.2, 0.25) is 0 Å². The summed E-state index contributed by atoms with van der Waals surface area (Å²) < 4.78 is 5.26. The standard InChI is InChI=1S/C15H22O3/c1-14(2,3)11-7-10(9-15(17)5-6-15)13(18-4)12(16)8-11/h7-8,16-17H,5-6,9H2,1-4H3. The average molecular weight is 250 g/mol. The zero-order chi connectivity index (χ0) is 13.6. The molecule has 3 heteroatoms. The Bertz CT molecular complexity index is 454. The molecule has 1 aliphatic carbocycles. The lowest BCUT2D eigenvalue weighted by molar-refractivity contribution is 0.149. The molecule has 0 heterocycles. The van der Waals surface area contributed by atoms with E-state index in [4.69, 9.17) is 4.74 Å². The van der Waals surface area contributed by atoms with E-state index >= 15 is 0 Å². The second kappa shape index (κ2) is 4.16. The highest BCUT2D eigenvalue weighted by Gasteiger charge is 2.41. The van der Waals surface area contributed by atoms with Crippen LogP contribution in [0.1, 0.15) is 44.7 Å². The summed E-state index contributed by atoms with van der Waals surface area (Å²) in [7, 11) is 1.55. The van der Waals surface area contributed by atoms with Crippen LogP contribution in [-0.2, 0) is 11.8 Å². The molecule has 0 saturated heterocycles. The van der Waals surface area contributed by atoms with E-state index in [9.17, 15) is 10.2 Å². The molecule has 1 aromatic rings. The first-order chi connectivity index (χ1) is 8.25. The Kier molecular flexibility index (Phi) is 3.06. The monoisotopic (exact) mass is 250 g/mol. The lowest BCUT2D eigenvalue weighted by Gasteiger charge is -2.22. The van der Waals surface area contributed by atoms with E-state index in [-0.39, 0.29) is 11.2 Å². The van der Waals surface area contributed by atoms with Gasteiger partial charge in [0.15, 0.2) is 11.5 Å². The minimum absolute atomic E-state index is 0.0370. The molecule has 0 unspecified atom stereocenters. The molecule has 0 aliphatic heterocycles. The van der Waals surface area contributed by atoms with E-state index in [1.807, 2.05) is 6.07 Å². The number of methoxy groups -OCH3 is 1. The molecule has 0 amide bonds. The highest BCUT2D eigenvalue weighted by molar-refractivity contribution is 5.51. The van der Waals surface area contributed by atoms with Crippen LogP contribution in [0.15, 0.2) is 12.1 Å². The van der Waals surface area contributed by atoms with Crippen LogP contribution in [0.2, 0.25) is 0 Å². The van der Waals surface area contributed by atoms with Crippen molar-refractivity contribution in [1.82, 2.24) is 0 Å². The molecule has 1 aromatic carbocycles. The summed E-state index contributed by atoms with van der Waals surface area (Å²) in [6, 6.07) is 3.79. The smallest absolute Gasteiger partial charge is 0.163 e. The number of aromatic hydroxyl groups is 1. The van der Waals surface area contributed by atoms with E-state index in [1.165, 1.54) is 0 Å². The van der Waals surface area contributed by atoms with Gasteiger partial charge in [-0.3, -0.25) is 0 Å². The summed E-state index contributed by atoms with van der Waals surface area (Å²) in [6.45, 7) is 6.30. The number of benzene rings is 1. The third kappa shape index (κ3) is 2.61. The minimum Gasteiger partial charge on any atom is -0.504 e. The lowest BCUT2D eigenvalue weighted by Crippen LogP contribution is -2.15. The van der Waals surface area contributed by atoms with Crippen molar-refractivity contribution in [3.63, 3.8) is 0 Å². The van der Waals surface area contributed by atoms with Gasteiger partial charge in [-0.05, 0) is 29.9 Å². The van der Waals surface area contributed by atoms with Gasteiger partial charge < -0.3 is 14.9 Å². The van der Waals surface area contributed by atoms with E-state index in [2.05, 4.69) is 20.8 Å². The number of aliphatic hydroxyl groups is 1. The fourth-order valence-electron chi connectivity index (χ4n) is 2.15. The van der Waals surface area contributed by atoms with E-state index in [0.29, 0.717) is 12.2 Å². The van der Waals surface area contributed by atoms with E-state index < -0.39 is 5.60 Å². The van der Waals surface area contributed by atoms with Crippen molar-refractivity contribution in [2.24, 2.45) is 0 Å². The van der Waals surface area contributed by atoms with Gasteiger partial charge in [0.1, 0.15) is 0 Å². The molecule has 2 N–H and O–H groups in total. The number of rotatable bonds is 3. The Hall–Kier alpha value is -1.22. The quantitative estimate of drug-likeness (QED) is 0.867. The van der Waals surface area contributed by atoms with Gasteiger partial charge in [0.25, 0.3) is 0 Å². The Balaban J connectivity index is 2.43. The predicted octanol–water partition coefficient (Wildman–Crippen LogP) is 2.77. The van der Waals surface area contributed by atoms with Crippen LogP contribution >= 0.6 is 0 Å². The van der Waals surface area contributed by atoms with Gasteiger partial charge in [-0.15, -0.1) is 0 Å². The highest BCUT2D eigenvalue weighted by Crippen LogP contribution is 2.43. The van der Waals surface area contributed by atoms with E-state index in [0.717, 1.165) is 24.0 Å². The molecule has 1 fully saturated rings. The summed E-state index contributed by atoms with van der Waals surface area (Å²) in [4.78, 5) is 0. The molecular formula is C15H22O3. The van der Waals surface area contributed by atoms with Crippen molar-refractivity contribution < 1.29 is 14.9 Å². The maximum absolute atomic E-state index is 10.0. The fourth-order valence-corrected chi connectivity index (χ4v) is 2.15. The summed E-state index contributed by atoms with van der Waals surface area (Å²) in [5, 5.41) is 20.1. The Morgan fingerprint density at radius 1 is 1.28 bits per heavy atom. The van der Waals surface area contributed by atoms with Crippen LogP contribution in [0.3, 0.4) is 0 Å². The molecule has 18 heavy (non-hydrogen) atoms. The molecule has 0 aromatic heterocycles. The van der Waals surface area contributed by atoms with Gasteiger partial charge >= 0.3 is 0 Å². The van der Waals surface area contributed by atoms with Gasteiger partial charge in [0.05, 0.1) is 12.7 Å². The summed E-state index contributed by atoms with van der Waals surface area (Å²) >= 11 is 0. The van der Waals surface area contributed by atoms with Crippen molar-refractivity contribution in [1.29, 1.82) is 0 Å². The number of hydrogen-bond acceptors (Lipinski definition) is 3. The maximum Gasteiger partial charge on any atom is 0.163 e. The number of phenolic OH excluding ortho intramolecular Hbond substituents is 1. The summed E-state index contributed by atoms with van der Waals surface area (Å²) in [5.41, 5.74) is 1.32. The molecule has 3 nitrogen and oxygen atoms in total. The number of phenols is 1. The minimum atomic E-state index is -0.587. The zero-order valence-corrected chi connectivity index (χ0v) is 11.6.